The summed E-state index contributed by atoms with van der Waals surface area (Å²) < 4.78 is 10.9. The van der Waals surface area contributed by atoms with Crippen molar-refractivity contribution in [3.05, 3.63) is 53.1 Å². The fourth-order valence-electron chi connectivity index (χ4n) is 3.43. The Morgan fingerprint density at radius 1 is 1.17 bits per heavy atom. The summed E-state index contributed by atoms with van der Waals surface area (Å²) in [6, 6.07) is 11.9. The van der Waals surface area contributed by atoms with E-state index in [1.54, 1.807) is 0 Å². The van der Waals surface area contributed by atoms with Crippen molar-refractivity contribution < 1.29 is 14.3 Å². The summed E-state index contributed by atoms with van der Waals surface area (Å²) in [6.45, 7) is 5.29. The summed E-state index contributed by atoms with van der Waals surface area (Å²) >= 11 is 0. The maximum absolute atomic E-state index is 13.1. The Morgan fingerprint density at radius 2 is 2.04 bits per heavy atom. The number of hydrogen-bond donors (Lipinski definition) is 0. The predicted octanol–water partition coefficient (Wildman–Crippen LogP) is 4.13. The molecule has 0 spiro atoms. The first-order valence-electron chi connectivity index (χ1n) is 8.48. The molecule has 2 aromatic carbocycles. The molecule has 0 saturated carbocycles. The third-order valence-electron chi connectivity index (χ3n) is 4.76. The van der Waals surface area contributed by atoms with Gasteiger partial charge in [-0.2, -0.15) is 0 Å². The molecule has 24 heavy (non-hydrogen) atoms. The van der Waals surface area contributed by atoms with Gasteiger partial charge >= 0.3 is 0 Å². The first-order valence-corrected chi connectivity index (χ1v) is 8.48. The zero-order valence-corrected chi connectivity index (χ0v) is 14.0. The summed E-state index contributed by atoms with van der Waals surface area (Å²) in [7, 11) is 0. The minimum atomic E-state index is -0.0180. The molecular weight excluding hydrogens is 302 g/mol. The molecule has 2 aliphatic rings. The van der Waals surface area contributed by atoms with Crippen LogP contribution in [-0.4, -0.2) is 19.2 Å². The third-order valence-corrected chi connectivity index (χ3v) is 4.76. The van der Waals surface area contributed by atoms with E-state index in [1.807, 2.05) is 23.1 Å². The van der Waals surface area contributed by atoms with Crippen molar-refractivity contribution >= 4 is 11.6 Å². The van der Waals surface area contributed by atoms with Crippen LogP contribution < -0.4 is 14.4 Å². The van der Waals surface area contributed by atoms with E-state index in [0.717, 1.165) is 25.1 Å². The maximum atomic E-state index is 13.1. The topological polar surface area (TPSA) is 38.8 Å². The second-order valence-electron chi connectivity index (χ2n) is 6.64. The minimum Gasteiger partial charge on any atom is -0.454 e. The Labute approximate surface area is 142 Å². The van der Waals surface area contributed by atoms with Crippen molar-refractivity contribution in [2.75, 3.05) is 18.2 Å². The van der Waals surface area contributed by atoms with E-state index in [0.29, 0.717) is 23.0 Å². The predicted molar refractivity (Wildman–Crippen MR) is 93.1 cm³/mol. The maximum Gasteiger partial charge on any atom is 0.262 e. The van der Waals surface area contributed by atoms with Gasteiger partial charge in [-0.05, 0) is 48.1 Å². The monoisotopic (exact) mass is 323 g/mol. The molecule has 4 rings (SSSR count). The van der Waals surface area contributed by atoms with Crippen LogP contribution in [0.2, 0.25) is 0 Å². The highest BCUT2D eigenvalue weighted by atomic mass is 16.7. The number of ether oxygens (including phenoxy) is 2. The summed E-state index contributed by atoms with van der Waals surface area (Å²) in [6.07, 6.45) is 2.00. The first kappa shape index (κ1) is 15.1. The quantitative estimate of drug-likeness (QED) is 0.834. The fraction of sp³-hybridized carbons (Fsp3) is 0.350. The van der Waals surface area contributed by atoms with Gasteiger partial charge in [-0.1, -0.05) is 32.0 Å². The molecule has 2 aromatic rings. The standard InChI is InChI=1S/C20H21NO3/c1-13(2)14-8-9-17-15(11-14)5-4-10-21(17)20(22)16-6-3-7-18-19(16)24-12-23-18/h3,6-9,11,13H,4-5,10,12H2,1-2H3. The Morgan fingerprint density at radius 3 is 2.88 bits per heavy atom. The molecule has 0 aromatic heterocycles. The van der Waals surface area contributed by atoms with Crippen LogP contribution in [0.4, 0.5) is 5.69 Å². The van der Waals surface area contributed by atoms with Gasteiger partial charge in [0.1, 0.15) is 0 Å². The Kier molecular flexibility index (Phi) is 3.68. The van der Waals surface area contributed by atoms with Gasteiger partial charge in [-0.15, -0.1) is 0 Å². The van der Waals surface area contributed by atoms with Gasteiger partial charge in [-0.25, -0.2) is 0 Å². The van der Waals surface area contributed by atoms with Gasteiger partial charge in [0.15, 0.2) is 11.5 Å². The molecule has 2 aliphatic heterocycles. The van der Waals surface area contributed by atoms with E-state index in [4.69, 9.17) is 9.47 Å². The molecule has 0 saturated heterocycles. The van der Waals surface area contributed by atoms with Crippen LogP contribution in [-0.2, 0) is 6.42 Å². The van der Waals surface area contributed by atoms with E-state index in [-0.39, 0.29) is 12.7 Å². The van der Waals surface area contributed by atoms with Gasteiger partial charge in [0.2, 0.25) is 6.79 Å². The SMILES string of the molecule is CC(C)c1ccc2c(c1)CCCN2C(=O)c1cccc2c1OCO2. The lowest BCUT2D eigenvalue weighted by Crippen LogP contribution is -2.35. The van der Waals surface area contributed by atoms with E-state index >= 15 is 0 Å². The molecule has 0 bridgehead atoms. The summed E-state index contributed by atoms with van der Waals surface area (Å²) in [5.41, 5.74) is 4.17. The van der Waals surface area contributed by atoms with Gasteiger partial charge in [0.05, 0.1) is 5.56 Å². The molecule has 0 N–H and O–H groups in total. The van der Waals surface area contributed by atoms with Gasteiger partial charge in [-0.3, -0.25) is 4.79 Å². The molecular formula is C20H21NO3. The lowest BCUT2D eigenvalue weighted by atomic mass is 9.94. The molecule has 0 radical (unpaired) electrons. The summed E-state index contributed by atoms with van der Waals surface area (Å²) in [5, 5.41) is 0. The Hall–Kier alpha value is -2.49. The van der Waals surface area contributed by atoms with Crippen LogP contribution in [0.3, 0.4) is 0 Å². The molecule has 0 fully saturated rings. The van der Waals surface area contributed by atoms with Crippen molar-refractivity contribution in [1.82, 2.24) is 0 Å². The van der Waals surface area contributed by atoms with Crippen molar-refractivity contribution in [1.29, 1.82) is 0 Å². The number of para-hydroxylation sites is 1. The lowest BCUT2D eigenvalue weighted by Gasteiger charge is -2.30. The number of hydrogen-bond acceptors (Lipinski definition) is 3. The largest absolute Gasteiger partial charge is 0.454 e. The lowest BCUT2D eigenvalue weighted by molar-refractivity contribution is 0.0980. The van der Waals surface area contributed by atoms with E-state index in [2.05, 4.69) is 32.0 Å². The number of aryl methyl sites for hydroxylation is 1. The molecule has 4 heteroatoms. The highest BCUT2D eigenvalue weighted by Crippen LogP contribution is 2.38. The average molecular weight is 323 g/mol. The molecule has 124 valence electrons. The van der Waals surface area contributed by atoms with Crippen molar-refractivity contribution in [3.63, 3.8) is 0 Å². The zero-order chi connectivity index (χ0) is 16.7. The van der Waals surface area contributed by atoms with Crippen LogP contribution in [0.1, 0.15) is 47.7 Å². The number of nitrogens with zero attached hydrogens (tertiary/aromatic N) is 1. The van der Waals surface area contributed by atoms with Crippen LogP contribution >= 0.6 is 0 Å². The summed E-state index contributed by atoms with van der Waals surface area (Å²) in [5.74, 6) is 1.68. The molecule has 4 nitrogen and oxygen atoms in total. The summed E-state index contributed by atoms with van der Waals surface area (Å²) in [4.78, 5) is 15.0. The van der Waals surface area contributed by atoms with Gasteiger partial charge in [0, 0.05) is 12.2 Å². The third kappa shape index (κ3) is 2.42. The van der Waals surface area contributed by atoms with Crippen LogP contribution in [0, 0.1) is 0 Å². The van der Waals surface area contributed by atoms with Crippen molar-refractivity contribution in [2.45, 2.75) is 32.6 Å². The number of amides is 1. The second kappa shape index (κ2) is 5.86. The molecule has 1 amide bonds. The van der Waals surface area contributed by atoms with Crippen LogP contribution in [0.5, 0.6) is 11.5 Å². The average Bonchev–Trinajstić information content (AvgIpc) is 3.08. The van der Waals surface area contributed by atoms with E-state index in [9.17, 15) is 4.79 Å². The number of benzene rings is 2. The van der Waals surface area contributed by atoms with Crippen molar-refractivity contribution in [2.24, 2.45) is 0 Å². The number of rotatable bonds is 2. The zero-order valence-electron chi connectivity index (χ0n) is 14.0. The van der Waals surface area contributed by atoms with Crippen LogP contribution in [0.25, 0.3) is 0 Å². The molecule has 2 heterocycles. The number of fused-ring (bicyclic) bond motifs is 2. The second-order valence-corrected chi connectivity index (χ2v) is 6.64. The smallest absolute Gasteiger partial charge is 0.262 e. The van der Waals surface area contributed by atoms with Crippen LogP contribution in [0.15, 0.2) is 36.4 Å². The number of anilines is 1. The number of carbonyl (C=O) groups excluding carboxylic acids is 1. The highest BCUT2D eigenvalue weighted by molar-refractivity contribution is 6.09. The Bertz CT molecular complexity index is 797. The Balaban J connectivity index is 1.72. The van der Waals surface area contributed by atoms with Gasteiger partial charge in [0.25, 0.3) is 5.91 Å². The fourth-order valence-corrected chi connectivity index (χ4v) is 3.43. The molecule has 0 aliphatic carbocycles. The normalized spacial score (nSPS) is 15.5. The molecule has 0 atom stereocenters. The highest BCUT2D eigenvalue weighted by Gasteiger charge is 2.29. The molecule has 0 unspecified atom stereocenters. The van der Waals surface area contributed by atoms with E-state index in [1.165, 1.54) is 11.1 Å². The number of carbonyl (C=O) groups is 1. The van der Waals surface area contributed by atoms with E-state index < -0.39 is 0 Å². The minimum absolute atomic E-state index is 0.0180. The van der Waals surface area contributed by atoms with Crippen molar-refractivity contribution in [3.8, 4) is 11.5 Å². The first-order chi connectivity index (χ1) is 11.6. The van der Waals surface area contributed by atoms with Gasteiger partial charge < -0.3 is 14.4 Å².